The van der Waals surface area contributed by atoms with Gasteiger partial charge in [0.1, 0.15) is 5.75 Å². The van der Waals surface area contributed by atoms with Gasteiger partial charge in [-0.15, -0.1) is 0 Å². The SMILES string of the molecule is Cc1ccc(OC2CC2)cc1C1CCc2c(cnn(-c3ncccn3)c2=O)C1. The minimum absolute atomic E-state index is 0.107. The van der Waals surface area contributed by atoms with E-state index in [1.165, 1.54) is 15.8 Å². The summed E-state index contributed by atoms with van der Waals surface area (Å²) < 4.78 is 7.29. The molecule has 2 aromatic heterocycles. The highest BCUT2D eigenvalue weighted by Crippen LogP contribution is 2.36. The fraction of sp³-hybridized carbons (Fsp3) is 0.364. The van der Waals surface area contributed by atoms with Crippen LogP contribution in [0.4, 0.5) is 0 Å². The van der Waals surface area contributed by atoms with Gasteiger partial charge < -0.3 is 4.74 Å². The molecule has 1 fully saturated rings. The normalized spacial score (nSPS) is 18.5. The van der Waals surface area contributed by atoms with Crippen LogP contribution in [0.2, 0.25) is 0 Å². The third-order valence-electron chi connectivity index (χ3n) is 5.64. The third-order valence-corrected chi connectivity index (χ3v) is 5.64. The average Bonchev–Trinajstić information content (AvgIpc) is 3.54. The predicted octanol–water partition coefficient (Wildman–Crippen LogP) is 3.14. The topological polar surface area (TPSA) is 69.9 Å². The van der Waals surface area contributed by atoms with Crippen molar-refractivity contribution in [3.8, 4) is 11.7 Å². The van der Waals surface area contributed by atoms with Crippen LogP contribution in [0, 0.1) is 6.92 Å². The van der Waals surface area contributed by atoms with Gasteiger partial charge >= 0.3 is 0 Å². The van der Waals surface area contributed by atoms with Crippen molar-refractivity contribution in [1.29, 1.82) is 0 Å². The van der Waals surface area contributed by atoms with Crippen molar-refractivity contribution in [3.63, 3.8) is 0 Å². The minimum atomic E-state index is -0.107. The van der Waals surface area contributed by atoms with Gasteiger partial charge in [0.05, 0.1) is 12.3 Å². The monoisotopic (exact) mass is 374 g/mol. The lowest BCUT2D eigenvalue weighted by molar-refractivity contribution is 0.302. The molecule has 2 aliphatic carbocycles. The molecule has 6 heteroatoms. The van der Waals surface area contributed by atoms with Gasteiger partial charge in [0.15, 0.2) is 0 Å². The van der Waals surface area contributed by atoms with Crippen molar-refractivity contribution in [2.45, 2.75) is 51.0 Å². The van der Waals surface area contributed by atoms with Crippen LogP contribution in [-0.2, 0) is 12.8 Å². The highest BCUT2D eigenvalue weighted by molar-refractivity contribution is 5.40. The van der Waals surface area contributed by atoms with Crippen molar-refractivity contribution >= 4 is 0 Å². The molecule has 1 atom stereocenters. The lowest BCUT2D eigenvalue weighted by Gasteiger charge is -2.26. The average molecular weight is 374 g/mol. The second-order valence-corrected chi connectivity index (χ2v) is 7.69. The summed E-state index contributed by atoms with van der Waals surface area (Å²) in [4.78, 5) is 21.2. The van der Waals surface area contributed by atoms with E-state index in [1.54, 1.807) is 24.7 Å². The number of benzene rings is 1. The van der Waals surface area contributed by atoms with Crippen LogP contribution < -0.4 is 10.3 Å². The number of fused-ring (bicyclic) bond motifs is 1. The van der Waals surface area contributed by atoms with E-state index in [-0.39, 0.29) is 5.56 Å². The Morgan fingerprint density at radius 1 is 1.14 bits per heavy atom. The summed E-state index contributed by atoms with van der Waals surface area (Å²) in [5.74, 6) is 1.65. The van der Waals surface area contributed by atoms with Crippen molar-refractivity contribution in [1.82, 2.24) is 19.7 Å². The van der Waals surface area contributed by atoms with Gasteiger partial charge in [0.25, 0.3) is 11.5 Å². The Morgan fingerprint density at radius 3 is 2.75 bits per heavy atom. The molecule has 3 aromatic rings. The molecule has 0 amide bonds. The maximum Gasteiger partial charge on any atom is 0.277 e. The van der Waals surface area contributed by atoms with E-state index in [0.29, 0.717) is 18.0 Å². The van der Waals surface area contributed by atoms with Crippen molar-refractivity contribution in [2.24, 2.45) is 0 Å². The van der Waals surface area contributed by atoms with Crippen molar-refractivity contribution < 1.29 is 4.74 Å². The number of nitrogens with zero attached hydrogens (tertiary/aromatic N) is 4. The molecule has 28 heavy (non-hydrogen) atoms. The molecule has 0 aliphatic heterocycles. The zero-order chi connectivity index (χ0) is 19.1. The summed E-state index contributed by atoms with van der Waals surface area (Å²) >= 11 is 0. The molecule has 142 valence electrons. The molecule has 0 saturated heterocycles. The summed E-state index contributed by atoms with van der Waals surface area (Å²) in [7, 11) is 0. The third kappa shape index (κ3) is 3.19. The summed E-state index contributed by atoms with van der Waals surface area (Å²) in [6.45, 7) is 2.15. The van der Waals surface area contributed by atoms with E-state index in [0.717, 1.165) is 49.0 Å². The Labute approximate surface area is 163 Å². The summed E-state index contributed by atoms with van der Waals surface area (Å²) in [5, 5.41) is 4.33. The number of aromatic nitrogens is 4. The molecular formula is C22H22N4O2. The van der Waals surface area contributed by atoms with Crippen molar-refractivity contribution in [3.05, 3.63) is 75.5 Å². The first-order chi connectivity index (χ1) is 13.7. The van der Waals surface area contributed by atoms with E-state index in [9.17, 15) is 4.79 Å². The van der Waals surface area contributed by atoms with Crippen molar-refractivity contribution in [2.75, 3.05) is 0 Å². The molecule has 1 aromatic carbocycles. The summed E-state index contributed by atoms with van der Waals surface area (Å²) in [6, 6.07) is 8.12. The lowest BCUT2D eigenvalue weighted by atomic mass is 9.80. The fourth-order valence-corrected chi connectivity index (χ4v) is 3.97. The molecule has 2 aliphatic rings. The molecular weight excluding hydrogens is 352 g/mol. The summed E-state index contributed by atoms with van der Waals surface area (Å²) in [5.41, 5.74) is 4.35. The number of rotatable bonds is 4. The predicted molar refractivity (Wildman–Crippen MR) is 105 cm³/mol. The first-order valence-corrected chi connectivity index (χ1v) is 9.84. The first-order valence-electron chi connectivity index (χ1n) is 9.84. The highest BCUT2D eigenvalue weighted by atomic mass is 16.5. The highest BCUT2D eigenvalue weighted by Gasteiger charge is 2.27. The zero-order valence-corrected chi connectivity index (χ0v) is 15.8. The molecule has 2 heterocycles. The van der Waals surface area contributed by atoms with Gasteiger partial charge in [-0.3, -0.25) is 4.79 Å². The molecule has 1 unspecified atom stereocenters. The van der Waals surface area contributed by atoms with Crippen LogP contribution >= 0.6 is 0 Å². The van der Waals surface area contributed by atoms with E-state index >= 15 is 0 Å². The van der Waals surface area contributed by atoms with E-state index < -0.39 is 0 Å². The molecule has 1 saturated carbocycles. The second-order valence-electron chi connectivity index (χ2n) is 7.69. The first kappa shape index (κ1) is 17.1. The lowest BCUT2D eigenvalue weighted by Crippen LogP contribution is -2.30. The largest absolute Gasteiger partial charge is 0.490 e. The minimum Gasteiger partial charge on any atom is -0.490 e. The summed E-state index contributed by atoms with van der Waals surface area (Å²) in [6.07, 6.45) is 10.2. The molecule has 0 radical (unpaired) electrons. The van der Waals surface area contributed by atoms with Crippen LogP contribution in [-0.4, -0.2) is 25.9 Å². The second kappa shape index (κ2) is 6.86. The Kier molecular flexibility index (Phi) is 4.19. The fourth-order valence-electron chi connectivity index (χ4n) is 3.97. The zero-order valence-electron chi connectivity index (χ0n) is 15.8. The molecule has 0 bridgehead atoms. The smallest absolute Gasteiger partial charge is 0.277 e. The van der Waals surface area contributed by atoms with Crippen LogP contribution in [0.3, 0.4) is 0 Å². The van der Waals surface area contributed by atoms with Gasteiger partial charge in [-0.2, -0.15) is 9.78 Å². The molecule has 5 rings (SSSR count). The Balaban J connectivity index is 1.44. The van der Waals surface area contributed by atoms with Gasteiger partial charge in [0.2, 0.25) is 0 Å². The number of aryl methyl sites for hydroxylation is 1. The molecule has 0 N–H and O–H groups in total. The Bertz CT molecular complexity index is 1070. The van der Waals surface area contributed by atoms with Crippen LogP contribution in [0.1, 0.15) is 47.4 Å². The number of hydrogen-bond acceptors (Lipinski definition) is 5. The maximum absolute atomic E-state index is 12.9. The maximum atomic E-state index is 12.9. The number of ether oxygens (including phenoxy) is 1. The van der Waals surface area contributed by atoms with E-state index in [1.807, 2.05) is 0 Å². The quantitative estimate of drug-likeness (QED) is 0.702. The Morgan fingerprint density at radius 2 is 1.96 bits per heavy atom. The Hall–Kier alpha value is -3.02. The standard InChI is InChI=1S/C22H22N4O2/c1-14-3-5-18(28-17-6-7-17)12-20(14)15-4-8-19-16(11-15)13-25-26(21(19)27)22-23-9-2-10-24-22/h2-3,5,9-10,12-13,15,17H,4,6-8,11H2,1H3. The van der Waals surface area contributed by atoms with Gasteiger partial charge in [-0.1, -0.05) is 6.07 Å². The van der Waals surface area contributed by atoms with Gasteiger partial charge in [-0.05, 0) is 79.8 Å². The number of hydrogen-bond donors (Lipinski definition) is 0. The molecule has 0 spiro atoms. The van der Waals surface area contributed by atoms with Gasteiger partial charge in [0, 0.05) is 18.0 Å². The van der Waals surface area contributed by atoms with E-state index in [2.05, 4.69) is 40.2 Å². The van der Waals surface area contributed by atoms with Gasteiger partial charge in [-0.25, -0.2) is 9.97 Å². The van der Waals surface area contributed by atoms with Crippen LogP contribution in [0.25, 0.3) is 5.95 Å². The van der Waals surface area contributed by atoms with E-state index in [4.69, 9.17) is 4.74 Å². The van der Waals surface area contributed by atoms with Crippen LogP contribution in [0.5, 0.6) is 5.75 Å². The molecule has 6 nitrogen and oxygen atoms in total. The van der Waals surface area contributed by atoms with Crippen LogP contribution in [0.15, 0.2) is 47.7 Å².